The topological polar surface area (TPSA) is 62.8 Å². The van der Waals surface area contributed by atoms with Crippen LogP contribution in [-0.2, 0) is 0 Å². The van der Waals surface area contributed by atoms with Crippen LogP contribution in [0.1, 0.15) is 0 Å². The van der Waals surface area contributed by atoms with Gasteiger partial charge < -0.3 is 10.1 Å². The zero-order valence-corrected chi connectivity index (χ0v) is 10.9. The number of methoxy groups -OCH3 is 1. The molecule has 0 spiro atoms. The predicted molar refractivity (Wildman–Crippen MR) is 75.2 cm³/mol. The maximum absolute atomic E-state index is 5.85. The van der Waals surface area contributed by atoms with Crippen molar-refractivity contribution in [3.05, 3.63) is 41.7 Å². The van der Waals surface area contributed by atoms with Crippen molar-refractivity contribution in [3.63, 3.8) is 0 Å². The number of pyridine rings is 1. The van der Waals surface area contributed by atoms with E-state index in [-0.39, 0.29) is 0 Å². The summed E-state index contributed by atoms with van der Waals surface area (Å²) in [7, 11) is 1.64. The summed E-state index contributed by atoms with van der Waals surface area (Å²) >= 11 is 5.85. The first-order chi connectivity index (χ1) is 9.26. The van der Waals surface area contributed by atoms with Crippen molar-refractivity contribution in [2.24, 2.45) is 0 Å². The highest BCUT2D eigenvalue weighted by Gasteiger charge is 2.07. The fourth-order valence-corrected chi connectivity index (χ4v) is 2.01. The van der Waals surface area contributed by atoms with E-state index in [2.05, 4.69) is 20.5 Å². The molecule has 19 heavy (non-hydrogen) atoms. The van der Waals surface area contributed by atoms with E-state index in [1.807, 2.05) is 24.3 Å². The Morgan fingerprint density at radius 3 is 2.95 bits per heavy atom. The maximum atomic E-state index is 5.85. The number of rotatable bonds is 3. The quantitative estimate of drug-likeness (QED) is 0.719. The standard InChI is InChI=1S/C13H11ClN4O/c1-19-9-2-3-11-10(7-9)13(18-17-11)16-8-4-5-15-12(14)6-8/h2-7H,1H3,(H2,15,16,17,18). The number of aromatic amines is 1. The molecule has 0 radical (unpaired) electrons. The summed E-state index contributed by atoms with van der Waals surface area (Å²) in [4.78, 5) is 3.94. The number of anilines is 2. The number of ether oxygens (including phenoxy) is 1. The van der Waals surface area contributed by atoms with Crippen LogP contribution in [0.25, 0.3) is 10.9 Å². The van der Waals surface area contributed by atoms with Crippen LogP contribution in [-0.4, -0.2) is 22.3 Å². The van der Waals surface area contributed by atoms with Crippen molar-refractivity contribution in [3.8, 4) is 5.75 Å². The third-order valence-corrected chi connectivity index (χ3v) is 2.97. The number of nitrogens with zero attached hydrogens (tertiary/aromatic N) is 2. The molecule has 2 aromatic heterocycles. The zero-order valence-electron chi connectivity index (χ0n) is 10.1. The van der Waals surface area contributed by atoms with Crippen LogP contribution in [0.5, 0.6) is 5.75 Å². The summed E-state index contributed by atoms with van der Waals surface area (Å²) in [5, 5.41) is 11.8. The van der Waals surface area contributed by atoms with Gasteiger partial charge in [0.25, 0.3) is 0 Å². The molecule has 96 valence electrons. The number of nitrogens with one attached hydrogen (secondary N) is 2. The fraction of sp³-hybridized carbons (Fsp3) is 0.0769. The molecule has 3 rings (SSSR count). The zero-order chi connectivity index (χ0) is 13.2. The summed E-state index contributed by atoms with van der Waals surface area (Å²) in [6.45, 7) is 0. The highest BCUT2D eigenvalue weighted by atomic mass is 35.5. The highest BCUT2D eigenvalue weighted by molar-refractivity contribution is 6.29. The molecular formula is C13H11ClN4O. The summed E-state index contributed by atoms with van der Waals surface area (Å²) in [5.41, 5.74) is 1.76. The second-order valence-corrected chi connectivity index (χ2v) is 4.36. The molecule has 0 fully saturated rings. The Hall–Kier alpha value is -2.27. The third-order valence-electron chi connectivity index (χ3n) is 2.76. The maximum Gasteiger partial charge on any atom is 0.160 e. The van der Waals surface area contributed by atoms with E-state index in [4.69, 9.17) is 16.3 Å². The second kappa shape index (κ2) is 4.78. The number of benzene rings is 1. The van der Waals surface area contributed by atoms with Gasteiger partial charge in [-0.15, -0.1) is 0 Å². The predicted octanol–water partition coefficient (Wildman–Crippen LogP) is 3.36. The minimum absolute atomic E-state index is 0.433. The second-order valence-electron chi connectivity index (χ2n) is 3.98. The van der Waals surface area contributed by atoms with Crippen molar-refractivity contribution >= 4 is 34.0 Å². The Morgan fingerprint density at radius 1 is 1.26 bits per heavy atom. The van der Waals surface area contributed by atoms with Crippen LogP contribution in [0.2, 0.25) is 5.15 Å². The first-order valence-electron chi connectivity index (χ1n) is 5.67. The van der Waals surface area contributed by atoms with Gasteiger partial charge in [-0.1, -0.05) is 11.6 Å². The van der Waals surface area contributed by atoms with Gasteiger partial charge >= 0.3 is 0 Å². The van der Waals surface area contributed by atoms with Crippen LogP contribution in [0.4, 0.5) is 11.5 Å². The lowest BCUT2D eigenvalue weighted by atomic mass is 10.2. The molecule has 0 amide bonds. The van der Waals surface area contributed by atoms with E-state index < -0.39 is 0 Å². The van der Waals surface area contributed by atoms with Gasteiger partial charge in [0.2, 0.25) is 0 Å². The average molecular weight is 275 g/mol. The summed E-state index contributed by atoms with van der Waals surface area (Å²) < 4.78 is 5.22. The van der Waals surface area contributed by atoms with E-state index in [1.165, 1.54) is 0 Å². The van der Waals surface area contributed by atoms with Crippen LogP contribution in [0.3, 0.4) is 0 Å². The smallest absolute Gasteiger partial charge is 0.160 e. The van der Waals surface area contributed by atoms with Crippen molar-refractivity contribution < 1.29 is 4.74 Å². The van der Waals surface area contributed by atoms with E-state index in [1.54, 1.807) is 19.4 Å². The lowest BCUT2D eigenvalue weighted by Gasteiger charge is -2.04. The molecule has 0 unspecified atom stereocenters. The summed E-state index contributed by atoms with van der Waals surface area (Å²) in [6, 6.07) is 9.29. The van der Waals surface area contributed by atoms with E-state index >= 15 is 0 Å². The van der Waals surface area contributed by atoms with Crippen LogP contribution in [0, 0.1) is 0 Å². The molecule has 0 atom stereocenters. The molecule has 5 nitrogen and oxygen atoms in total. The third kappa shape index (κ3) is 2.32. The highest BCUT2D eigenvalue weighted by Crippen LogP contribution is 2.27. The molecule has 2 N–H and O–H groups in total. The van der Waals surface area contributed by atoms with Gasteiger partial charge in [-0.25, -0.2) is 4.98 Å². The molecule has 0 aliphatic carbocycles. The minimum atomic E-state index is 0.433. The van der Waals surface area contributed by atoms with Gasteiger partial charge in [0.1, 0.15) is 10.9 Å². The van der Waals surface area contributed by atoms with Gasteiger partial charge in [0, 0.05) is 17.3 Å². The molecule has 6 heteroatoms. The average Bonchev–Trinajstić information content (AvgIpc) is 2.81. The molecule has 0 saturated heterocycles. The first-order valence-corrected chi connectivity index (χ1v) is 6.05. The van der Waals surface area contributed by atoms with Gasteiger partial charge in [-0.3, -0.25) is 5.10 Å². The summed E-state index contributed by atoms with van der Waals surface area (Å²) in [5.74, 6) is 1.50. The Balaban J connectivity index is 2.00. The number of aromatic nitrogens is 3. The Bertz CT molecular complexity index is 725. The van der Waals surface area contributed by atoms with E-state index in [0.717, 1.165) is 28.2 Å². The first kappa shape index (κ1) is 11.8. The number of fused-ring (bicyclic) bond motifs is 1. The van der Waals surface area contributed by atoms with Crippen LogP contribution < -0.4 is 10.1 Å². The summed E-state index contributed by atoms with van der Waals surface area (Å²) in [6.07, 6.45) is 1.64. The number of hydrogen-bond acceptors (Lipinski definition) is 4. The van der Waals surface area contributed by atoms with Crippen LogP contribution in [0.15, 0.2) is 36.5 Å². The molecule has 0 aliphatic rings. The van der Waals surface area contributed by atoms with Crippen molar-refractivity contribution in [1.82, 2.24) is 15.2 Å². The molecule has 0 bridgehead atoms. The molecular weight excluding hydrogens is 264 g/mol. The normalized spacial score (nSPS) is 10.6. The SMILES string of the molecule is COc1ccc2[nH]nc(Nc3ccnc(Cl)c3)c2c1. The molecule has 0 saturated carbocycles. The van der Waals surface area contributed by atoms with Gasteiger partial charge in [-0.05, 0) is 30.3 Å². The minimum Gasteiger partial charge on any atom is -0.497 e. The molecule has 3 aromatic rings. The van der Waals surface area contributed by atoms with Gasteiger partial charge in [-0.2, -0.15) is 5.10 Å². The Labute approximate surface area is 114 Å². The van der Waals surface area contributed by atoms with Gasteiger partial charge in [0.05, 0.1) is 12.6 Å². The number of hydrogen-bond donors (Lipinski definition) is 2. The number of halogens is 1. The van der Waals surface area contributed by atoms with Crippen LogP contribution >= 0.6 is 11.6 Å². The van der Waals surface area contributed by atoms with E-state index in [9.17, 15) is 0 Å². The lowest BCUT2D eigenvalue weighted by molar-refractivity contribution is 0.415. The Morgan fingerprint density at radius 2 is 2.16 bits per heavy atom. The van der Waals surface area contributed by atoms with Gasteiger partial charge in [0.15, 0.2) is 5.82 Å². The largest absolute Gasteiger partial charge is 0.497 e. The van der Waals surface area contributed by atoms with E-state index in [0.29, 0.717) is 5.15 Å². The fourth-order valence-electron chi connectivity index (χ4n) is 1.83. The monoisotopic (exact) mass is 274 g/mol. The van der Waals surface area contributed by atoms with Crippen molar-refractivity contribution in [2.75, 3.05) is 12.4 Å². The molecule has 1 aromatic carbocycles. The van der Waals surface area contributed by atoms with Crippen molar-refractivity contribution in [1.29, 1.82) is 0 Å². The Kier molecular flexibility index (Phi) is 2.97. The molecule has 0 aliphatic heterocycles. The molecule has 2 heterocycles. The van der Waals surface area contributed by atoms with Crippen molar-refractivity contribution in [2.45, 2.75) is 0 Å². The lowest BCUT2D eigenvalue weighted by Crippen LogP contribution is -1.91. The number of H-pyrrole nitrogens is 1.